The molecule has 0 amide bonds. The fourth-order valence-electron chi connectivity index (χ4n) is 0. The summed E-state index contributed by atoms with van der Waals surface area (Å²) in [6, 6.07) is 0. The molecule has 2 N–H and O–H groups in total. The van der Waals surface area contributed by atoms with Crippen molar-refractivity contribution in [2.45, 2.75) is 0 Å². The average molecular weight is 217 g/mol. The Morgan fingerprint density at radius 3 is 1.14 bits per heavy atom. The summed E-state index contributed by atoms with van der Waals surface area (Å²) in [7, 11) is -4.67. The van der Waals surface area contributed by atoms with Gasteiger partial charge in [0.1, 0.15) is 0 Å². The molecule has 7 heteroatoms. The molecule has 0 fully saturated rings. The van der Waals surface area contributed by atoms with Crippen LogP contribution in [0.1, 0.15) is 0 Å². The molecule has 0 aliphatic rings. The molecule has 51 valence electrons. The van der Waals surface area contributed by atoms with Gasteiger partial charge < -0.3 is 0 Å². The maximum Gasteiger partial charge on any atom is 0.394 e. The fraction of sp³-hybridized carbons (Fsp3) is 0. The van der Waals surface area contributed by atoms with Crippen LogP contribution >= 0.6 is 0 Å². The van der Waals surface area contributed by atoms with Crippen molar-refractivity contribution in [3.05, 3.63) is 0 Å². The molecule has 0 rings (SSSR count). The van der Waals surface area contributed by atoms with Crippen molar-refractivity contribution in [1.82, 2.24) is 0 Å². The molecular weight excluding hydrogens is 215 g/mol. The molecule has 0 bridgehead atoms. The van der Waals surface area contributed by atoms with Crippen molar-refractivity contribution in [2.75, 3.05) is 0 Å². The molecule has 0 heterocycles. The molecule has 0 atom stereocenters. The second kappa shape index (κ2) is 5.05. The topological polar surface area (TPSA) is 74.6 Å². The summed E-state index contributed by atoms with van der Waals surface area (Å²) < 4.78 is 31.6. The third kappa shape index (κ3) is 202. The minimum absolute atomic E-state index is 0. The maximum absolute atomic E-state index is 8.74. The standard InChI is InChI=1S/Cu.Fe.H2O4S/c;;1-5(2,3)4/h;;(H2,1,2,3,4). The predicted octanol–water partition coefficient (Wildman–Crippen LogP) is -0.658. The van der Waals surface area contributed by atoms with E-state index in [9.17, 15) is 0 Å². The van der Waals surface area contributed by atoms with Crippen LogP contribution in [0.2, 0.25) is 0 Å². The van der Waals surface area contributed by atoms with Crippen molar-refractivity contribution in [2.24, 2.45) is 0 Å². The van der Waals surface area contributed by atoms with E-state index in [4.69, 9.17) is 17.5 Å². The van der Waals surface area contributed by atoms with Gasteiger partial charge in [0.15, 0.2) is 0 Å². The Morgan fingerprint density at radius 2 is 1.14 bits per heavy atom. The van der Waals surface area contributed by atoms with Gasteiger partial charge in [0.2, 0.25) is 0 Å². The molecule has 0 aromatic rings. The summed E-state index contributed by atoms with van der Waals surface area (Å²) in [5.41, 5.74) is 0. The van der Waals surface area contributed by atoms with Gasteiger partial charge >= 0.3 is 10.4 Å². The molecule has 0 aliphatic heterocycles. The maximum atomic E-state index is 8.74. The Hall–Kier alpha value is 0.909. The van der Waals surface area contributed by atoms with E-state index in [1.54, 1.807) is 0 Å². The molecule has 1 radical (unpaired) electrons. The SMILES string of the molecule is O=S(=O)(O)O.[Cu].[Fe]. The van der Waals surface area contributed by atoms with Crippen LogP contribution in [0.25, 0.3) is 0 Å². The van der Waals surface area contributed by atoms with E-state index in [1.165, 1.54) is 0 Å². The third-order valence-corrected chi connectivity index (χ3v) is 0. The molecule has 0 aromatic heterocycles. The van der Waals surface area contributed by atoms with Crippen LogP contribution in [0.3, 0.4) is 0 Å². The van der Waals surface area contributed by atoms with Crippen molar-refractivity contribution in [3.63, 3.8) is 0 Å². The molecule has 0 unspecified atom stereocenters. The van der Waals surface area contributed by atoms with Crippen LogP contribution in [0.4, 0.5) is 0 Å². The van der Waals surface area contributed by atoms with E-state index in [-0.39, 0.29) is 34.1 Å². The Morgan fingerprint density at radius 1 is 1.14 bits per heavy atom. The largest absolute Gasteiger partial charge is 0.394 e. The Labute approximate surface area is 62.2 Å². The van der Waals surface area contributed by atoms with E-state index in [0.717, 1.165) is 0 Å². The van der Waals surface area contributed by atoms with Gasteiger partial charge in [-0.15, -0.1) is 0 Å². The number of rotatable bonds is 0. The van der Waals surface area contributed by atoms with Gasteiger partial charge in [-0.2, -0.15) is 8.42 Å². The van der Waals surface area contributed by atoms with Crippen LogP contribution in [-0.2, 0) is 44.5 Å². The first kappa shape index (κ1) is 15.7. The monoisotopic (exact) mass is 217 g/mol. The summed E-state index contributed by atoms with van der Waals surface area (Å²) in [6.45, 7) is 0. The first-order valence-corrected chi connectivity index (χ1v) is 2.10. The molecule has 0 saturated heterocycles. The van der Waals surface area contributed by atoms with Crippen LogP contribution in [0.5, 0.6) is 0 Å². The van der Waals surface area contributed by atoms with E-state index in [2.05, 4.69) is 0 Å². The smallest absolute Gasteiger partial charge is 0.264 e. The molecule has 4 nitrogen and oxygen atoms in total. The summed E-state index contributed by atoms with van der Waals surface area (Å²) in [4.78, 5) is 0. The summed E-state index contributed by atoms with van der Waals surface area (Å²) in [5.74, 6) is 0. The summed E-state index contributed by atoms with van der Waals surface area (Å²) >= 11 is 0. The summed E-state index contributed by atoms with van der Waals surface area (Å²) in [5, 5.41) is 0. The molecule has 0 aliphatic carbocycles. The fourth-order valence-corrected chi connectivity index (χ4v) is 0. The minimum Gasteiger partial charge on any atom is -0.264 e. The van der Waals surface area contributed by atoms with E-state index < -0.39 is 10.4 Å². The van der Waals surface area contributed by atoms with Gasteiger partial charge in [-0.3, -0.25) is 9.11 Å². The zero-order valence-electron chi connectivity index (χ0n) is 2.77. The number of hydrogen-bond acceptors (Lipinski definition) is 2. The Kier molecular flexibility index (Phi) is 11.3. The van der Waals surface area contributed by atoms with Crippen molar-refractivity contribution < 1.29 is 51.7 Å². The van der Waals surface area contributed by atoms with Crippen LogP contribution < -0.4 is 0 Å². The second-order valence-electron chi connectivity index (χ2n) is 0.448. The van der Waals surface area contributed by atoms with Gasteiger partial charge in [0.25, 0.3) is 0 Å². The van der Waals surface area contributed by atoms with Crippen molar-refractivity contribution in [3.8, 4) is 0 Å². The zero-order valence-corrected chi connectivity index (χ0v) is 5.64. The van der Waals surface area contributed by atoms with Gasteiger partial charge in [-0.25, -0.2) is 0 Å². The zero-order chi connectivity index (χ0) is 4.50. The first-order chi connectivity index (χ1) is 2.00. The molecular formula is H2CuFeO4S. The van der Waals surface area contributed by atoms with E-state index in [0.29, 0.717) is 0 Å². The van der Waals surface area contributed by atoms with Crippen LogP contribution in [0.15, 0.2) is 0 Å². The van der Waals surface area contributed by atoms with Gasteiger partial charge in [0, 0.05) is 34.1 Å². The second-order valence-corrected chi connectivity index (χ2v) is 1.34. The van der Waals surface area contributed by atoms with Crippen molar-refractivity contribution >= 4 is 10.4 Å². The summed E-state index contributed by atoms with van der Waals surface area (Å²) in [6.07, 6.45) is 0. The molecule has 0 spiro atoms. The van der Waals surface area contributed by atoms with Gasteiger partial charge in [0.05, 0.1) is 0 Å². The molecule has 0 aromatic carbocycles. The molecule has 7 heavy (non-hydrogen) atoms. The minimum atomic E-state index is -4.67. The van der Waals surface area contributed by atoms with Crippen molar-refractivity contribution in [1.29, 1.82) is 0 Å². The van der Waals surface area contributed by atoms with Gasteiger partial charge in [-0.1, -0.05) is 0 Å². The third-order valence-electron chi connectivity index (χ3n) is 0. The van der Waals surface area contributed by atoms with Crippen LogP contribution in [-0.4, -0.2) is 17.5 Å². The molecule has 0 saturated carbocycles. The Bertz CT molecular complexity index is 94.9. The van der Waals surface area contributed by atoms with E-state index >= 15 is 0 Å². The average Bonchev–Trinajstić information content (AvgIpc) is 0.722. The number of hydrogen-bond donors (Lipinski definition) is 2. The quantitative estimate of drug-likeness (QED) is 0.417. The normalized spacial score (nSPS) is 8.29. The predicted molar refractivity (Wildman–Crippen MR) is 14.2 cm³/mol. The Balaban J connectivity index is -0.0000000800. The van der Waals surface area contributed by atoms with Crippen LogP contribution in [0, 0.1) is 0 Å². The van der Waals surface area contributed by atoms with E-state index in [1.807, 2.05) is 0 Å². The first-order valence-electron chi connectivity index (χ1n) is 0.698. The van der Waals surface area contributed by atoms with Gasteiger partial charge in [-0.05, 0) is 0 Å².